The van der Waals surface area contributed by atoms with Gasteiger partial charge in [0, 0.05) is 23.9 Å². The van der Waals surface area contributed by atoms with E-state index in [-0.39, 0.29) is 5.79 Å². The maximum Gasteiger partial charge on any atom is 0.135 e. The monoisotopic (exact) mass is 121 g/mol. The Kier molecular flexibility index (Phi) is 0.191. The van der Waals surface area contributed by atoms with Gasteiger partial charge >= 0.3 is 0 Å². The van der Waals surface area contributed by atoms with Crippen molar-refractivity contribution in [1.29, 1.82) is 0 Å². The highest BCUT2D eigenvalue weighted by Crippen LogP contribution is 2.86. The van der Waals surface area contributed by atoms with Crippen LogP contribution in [-0.2, 0) is 0 Å². The van der Waals surface area contributed by atoms with E-state index in [1.165, 1.54) is 0 Å². The number of piperidine rings is 8. The minimum absolute atomic E-state index is 0.134. The Labute approximate surface area is 52.4 Å². The van der Waals surface area contributed by atoms with Gasteiger partial charge in [0.25, 0.3) is 0 Å². The molecule has 46 valence electrons. The molecular weight excluding hydrogens is 114 g/mol. The van der Waals surface area contributed by atoms with Crippen LogP contribution in [0.3, 0.4) is 0 Å². The van der Waals surface area contributed by atoms with Crippen LogP contribution >= 0.6 is 0 Å². The van der Waals surface area contributed by atoms with Gasteiger partial charge in [-0.05, 0) is 0 Å². The fourth-order valence-corrected chi connectivity index (χ4v) is 4.12. The summed E-state index contributed by atoms with van der Waals surface area (Å²) in [6, 6.07) is 1.94. The van der Waals surface area contributed by atoms with E-state index in [2.05, 4.69) is 9.80 Å². The van der Waals surface area contributed by atoms with Crippen molar-refractivity contribution in [2.24, 2.45) is 17.6 Å². The van der Waals surface area contributed by atoms with Gasteiger partial charge in [-0.3, -0.25) is 9.80 Å². The molecular formula is C6H7N3. The van der Waals surface area contributed by atoms with Gasteiger partial charge in [0.15, 0.2) is 0 Å². The number of rotatable bonds is 0. The molecule has 6 aliphatic rings. The minimum Gasteiger partial charge on any atom is -0.300 e. The first kappa shape index (κ1) is 3.32. The smallest absolute Gasteiger partial charge is 0.135 e. The molecule has 0 bridgehead atoms. The second-order valence-corrected chi connectivity index (χ2v) is 4.10. The average molecular weight is 121 g/mol. The Morgan fingerprint density at radius 3 is 2.11 bits per heavy atom. The lowest BCUT2D eigenvalue weighted by atomic mass is 9.32. The van der Waals surface area contributed by atoms with Crippen LogP contribution in [0.25, 0.3) is 0 Å². The van der Waals surface area contributed by atoms with Gasteiger partial charge in [-0.25, -0.2) is 0 Å². The van der Waals surface area contributed by atoms with Crippen molar-refractivity contribution in [2.75, 3.05) is 0 Å². The Morgan fingerprint density at radius 2 is 1.89 bits per heavy atom. The number of hydrogen-bond donors (Lipinski definition) is 1. The summed E-state index contributed by atoms with van der Waals surface area (Å²) in [5.41, 5.74) is 6.03. The van der Waals surface area contributed by atoms with Crippen LogP contribution in [0, 0.1) is 11.8 Å². The molecule has 5 saturated heterocycles. The average Bonchev–Trinajstić information content (AvgIpc) is 1.88. The quantitative estimate of drug-likeness (QED) is 0.426. The van der Waals surface area contributed by atoms with Crippen molar-refractivity contribution in [3.05, 3.63) is 0 Å². The number of hydrogen-bond acceptors (Lipinski definition) is 3. The molecule has 0 radical (unpaired) electrons. The third kappa shape index (κ3) is 0.0938. The molecule has 0 unspecified atom stereocenters. The van der Waals surface area contributed by atoms with Crippen molar-refractivity contribution in [3.8, 4) is 0 Å². The molecule has 9 heavy (non-hydrogen) atoms. The van der Waals surface area contributed by atoms with Crippen LogP contribution in [0.5, 0.6) is 0 Å². The predicted molar refractivity (Wildman–Crippen MR) is 28.9 cm³/mol. The summed E-state index contributed by atoms with van der Waals surface area (Å²) in [5, 5.41) is 0. The summed E-state index contributed by atoms with van der Waals surface area (Å²) in [6.45, 7) is 0. The third-order valence-corrected chi connectivity index (χ3v) is 4.40. The molecule has 0 aromatic heterocycles. The Bertz CT molecular complexity index is 210. The molecule has 3 nitrogen and oxygen atoms in total. The molecule has 5 heterocycles. The molecule has 1 saturated carbocycles. The zero-order chi connectivity index (χ0) is 5.54. The predicted octanol–water partition coefficient (Wildman–Crippen LogP) is -1.43. The van der Waals surface area contributed by atoms with E-state index in [1.54, 1.807) is 0 Å². The van der Waals surface area contributed by atoms with E-state index in [0.717, 1.165) is 30.1 Å². The van der Waals surface area contributed by atoms with Crippen LogP contribution in [0.4, 0.5) is 0 Å². The molecule has 6 rings (SSSR count). The van der Waals surface area contributed by atoms with Crippen LogP contribution in [0.1, 0.15) is 0 Å². The number of nitrogens with two attached hydrogens (primary N) is 1. The molecule has 0 aromatic rings. The molecule has 0 aromatic carbocycles. The van der Waals surface area contributed by atoms with Gasteiger partial charge in [0.2, 0.25) is 0 Å². The lowest BCUT2D eigenvalue weighted by Gasteiger charge is -3.07. The van der Waals surface area contributed by atoms with Crippen LogP contribution in [0.15, 0.2) is 0 Å². The summed E-state index contributed by atoms with van der Waals surface area (Å²) >= 11 is 0. The normalized spacial score (nSPS) is 93.7. The second-order valence-electron chi connectivity index (χ2n) is 4.10. The zero-order valence-corrected chi connectivity index (χ0v) is 4.86. The fourth-order valence-electron chi connectivity index (χ4n) is 4.12. The van der Waals surface area contributed by atoms with Crippen molar-refractivity contribution < 1.29 is 0 Å². The van der Waals surface area contributed by atoms with Gasteiger partial charge in [0.05, 0.1) is 6.17 Å². The Morgan fingerprint density at radius 1 is 1.22 bits per heavy atom. The highest BCUT2D eigenvalue weighted by molar-refractivity contribution is 5.51. The molecule has 0 amide bonds. The van der Waals surface area contributed by atoms with Crippen molar-refractivity contribution in [2.45, 2.75) is 24.0 Å². The van der Waals surface area contributed by atoms with E-state index in [9.17, 15) is 0 Å². The number of nitrogens with zero attached hydrogens (tertiary/aromatic N) is 2. The van der Waals surface area contributed by atoms with Gasteiger partial charge in [-0.15, -0.1) is 0 Å². The lowest BCUT2D eigenvalue weighted by Crippen LogP contribution is -3.25. The highest BCUT2D eigenvalue weighted by atomic mass is 15.9. The van der Waals surface area contributed by atoms with Gasteiger partial charge < -0.3 is 5.73 Å². The van der Waals surface area contributed by atoms with Gasteiger partial charge in [-0.1, -0.05) is 0 Å². The van der Waals surface area contributed by atoms with E-state index in [4.69, 9.17) is 5.73 Å². The first-order chi connectivity index (χ1) is 4.37. The Balaban J connectivity index is 1.93. The topological polar surface area (TPSA) is 32.5 Å². The second kappa shape index (κ2) is 0.516. The van der Waals surface area contributed by atoms with Crippen molar-refractivity contribution in [1.82, 2.24) is 9.80 Å². The summed E-state index contributed by atoms with van der Waals surface area (Å²) < 4.78 is 0. The summed E-state index contributed by atoms with van der Waals surface area (Å²) in [5.74, 6) is 2.13. The molecule has 3 heteroatoms. The summed E-state index contributed by atoms with van der Waals surface area (Å²) in [6.07, 6.45) is 0.843. The molecule has 2 N–H and O–H groups in total. The maximum absolute atomic E-state index is 6.03. The van der Waals surface area contributed by atoms with Crippen LogP contribution in [-0.4, -0.2) is 33.8 Å². The van der Waals surface area contributed by atoms with E-state index >= 15 is 0 Å². The highest BCUT2D eigenvalue weighted by Gasteiger charge is 3.03. The maximum atomic E-state index is 6.03. The minimum atomic E-state index is 0.134. The third-order valence-electron chi connectivity index (χ3n) is 4.40. The van der Waals surface area contributed by atoms with Gasteiger partial charge in [-0.2, -0.15) is 0 Å². The molecule has 6 fully saturated rings. The van der Waals surface area contributed by atoms with Crippen molar-refractivity contribution >= 4 is 0 Å². The molecule has 0 spiro atoms. The zero-order valence-electron chi connectivity index (χ0n) is 4.86. The summed E-state index contributed by atoms with van der Waals surface area (Å²) in [4.78, 5) is 4.98. The van der Waals surface area contributed by atoms with Gasteiger partial charge in [0.1, 0.15) is 5.79 Å². The van der Waals surface area contributed by atoms with E-state index in [0.29, 0.717) is 0 Å². The first-order valence-electron chi connectivity index (χ1n) is 3.72. The molecule has 1 aliphatic carbocycles. The molecule has 2 atom stereocenters. The fraction of sp³-hybridized carbons (Fsp3) is 1.00. The van der Waals surface area contributed by atoms with Crippen LogP contribution in [0.2, 0.25) is 0 Å². The lowest BCUT2D eigenvalue weighted by molar-refractivity contribution is -0.644. The van der Waals surface area contributed by atoms with E-state index in [1.807, 2.05) is 0 Å². The Hall–Kier alpha value is -0.120. The van der Waals surface area contributed by atoms with Crippen LogP contribution < -0.4 is 5.73 Å². The standard InChI is InChI=1S/C6H7N3/c7-6-2-3-1-4(2)9(6)5(1)8(3)6/h1-5H,7H2/t1?,2?,3-,4-,5?,6?/m0/s1. The van der Waals surface area contributed by atoms with Crippen molar-refractivity contribution in [3.63, 3.8) is 0 Å². The SMILES string of the molecule is NC12C3[C@@H]4C5C(N41)N2[C@@H]53. The molecule has 5 aliphatic heterocycles. The largest absolute Gasteiger partial charge is 0.300 e. The van der Waals surface area contributed by atoms with E-state index < -0.39 is 0 Å². The summed E-state index contributed by atoms with van der Waals surface area (Å²) in [7, 11) is 0. The first-order valence-corrected chi connectivity index (χ1v) is 3.72.